The summed E-state index contributed by atoms with van der Waals surface area (Å²) >= 11 is 0. The molecule has 96 valence electrons. The highest BCUT2D eigenvalue weighted by atomic mass is 15.2. The van der Waals surface area contributed by atoms with Gasteiger partial charge in [0.1, 0.15) is 11.4 Å². The van der Waals surface area contributed by atoms with Crippen LogP contribution in [0.4, 0.5) is 5.82 Å². The van der Waals surface area contributed by atoms with E-state index in [1.54, 1.807) is 0 Å². The normalized spacial score (nSPS) is 20.7. The predicted octanol–water partition coefficient (Wildman–Crippen LogP) is 1.61. The fourth-order valence-corrected chi connectivity index (χ4v) is 2.15. The Labute approximate surface area is 108 Å². The highest BCUT2D eigenvalue weighted by Gasteiger charge is 2.23. The van der Waals surface area contributed by atoms with E-state index in [1.807, 2.05) is 26.0 Å². The zero-order valence-corrected chi connectivity index (χ0v) is 11.1. The molecule has 0 spiro atoms. The lowest BCUT2D eigenvalue weighted by Crippen LogP contribution is -2.29. The molecule has 1 unspecified atom stereocenters. The van der Waals surface area contributed by atoms with E-state index < -0.39 is 5.54 Å². The first-order valence-corrected chi connectivity index (χ1v) is 6.22. The Balaban J connectivity index is 2.04. The molecule has 1 atom stereocenters. The minimum Gasteiger partial charge on any atom is -0.351 e. The Morgan fingerprint density at radius 1 is 1.44 bits per heavy atom. The summed E-state index contributed by atoms with van der Waals surface area (Å²) in [5.41, 5.74) is 0.420. The van der Waals surface area contributed by atoms with Crippen LogP contribution in [-0.4, -0.2) is 40.8 Å². The zero-order chi connectivity index (χ0) is 13.2. The molecule has 0 bridgehead atoms. The van der Waals surface area contributed by atoms with Crippen LogP contribution in [0.5, 0.6) is 0 Å². The van der Waals surface area contributed by atoms with Gasteiger partial charge in [-0.3, -0.25) is 0 Å². The van der Waals surface area contributed by atoms with Crippen molar-refractivity contribution in [3.63, 3.8) is 0 Å². The van der Waals surface area contributed by atoms with Gasteiger partial charge in [-0.15, -0.1) is 5.10 Å². The highest BCUT2D eigenvalue weighted by molar-refractivity contribution is 5.39. The maximum atomic E-state index is 8.95. The summed E-state index contributed by atoms with van der Waals surface area (Å²) in [5.74, 6) is 1.14. The first-order chi connectivity index (χ1) is 8.50. The minimum absolute atomic E-state index is 0.487. The van der Waals surface area contributed by atoms with E-state index in [0.717, 1.165) is 25.2 Å². The first-order valence-electron chi connectivity index (χ1n) is 6.22. The molecule has 5 nitrogen and oxygen atoms in total. The molecule has 1 fully saturated rings. The Morgan fingerprint density at radius 2 is 2.22 bits per heavy atom. The molecular formula is C13H19N5. The number of anilines is 1. The van der Waals surface area contributed by atoms with Gasteiger partial charge in [0.05, 0.1) is 11.8 Å². The van der Waals surface area contributed by atoms with Gasteiger partial charge in [0.2, 0.25) is 0 Å². The van der Waals surface area contributed by atoms with Gasteiger partial charge in [0.25, 0.3) is 0 Å². The second kappa shape index (κ2) is 4.91. The Kier molecular flexibility index (Phi) is 3.48. The summed E-state index contributed by atoms with van der Waals surface area (Å²) in [5, 5.41) is 20.4. The SMILES string of the molecule is CN1CCC(c2ccc(NC(C)(C)C#N)nn2)C1. The van der Waals surface area contributed by atoms with Crippen LogP contribution in [0.1, 0.15) is 31.9 Å². The summed E-state index contributed by atoms with van der Waals surface area (Å²) < 4.78 is 0. The van der Waals surface area contributed by atoms with E-state index in [-0.39, 0.29) is 0 Å². The average Bonchev–Trinajstić information content (AvgIpc) is 2.76. The van der Waals surface area contributed by atoms with Crippen molar-refractivity contribution in [2.75, 3.05) is 25.5 Å². The van der Waals surface area contributed by atoms with Crippen molar-refractivity contribution >= 4 is 5.82 Å². The van der Waals surface area contributed by atoms with Gasteiger partial charge in [-0.1, -0.05) is 0 Å². The van der Waals surface area contributed by atoms with E-state index in [0.29, 0.717) is 11.7 Å². The van der Waals surface area contributed by atoms with Gasteiger partial charge in [-0.2, -0.15) is 10.4 Å². The Hall–Kier alpha value is -1.67. The molecule has 2 rings (SSSR count). The van der Waals surface area contributed by atoms with Crippen molar-refractivity contribution in [1.82, 2.24) is 15.1 Å². The van der Waals surface area contributed by atoms with Crippen molar-refractivity contribution < 1.29 is 0 Å². The molecule has 1 aromatic heterocycles. The molecule has 0 aliphatic carbocycles. The average molecular weight is 245 g/mol. The second-order valence-corrected chi connectivity index (χ2v) is 5.45. The van der Waals surface area contributed by atoms with E-state index in [2.05, 4.69) is 33.5 Å². The fraction of sp³-hybridized carbons (Fsp3) is 0.615. The van der Waals surface area contributed by atoms with Gasteiger partial charge in [0, 0.05) is 12.5 Å². The molecule has 1 N–H and O–H groups in total. The third-order valence-electron chi connectivity index (χ3n) is 3.21. The molecule has 0 saturated carbocycles. The third-order valence-corrected chi connectivity index (χ3v) is 3.21. The van der Waals surface area contributed by atoms with Crippen molar-refractivity contribution in [3.05, 3.63) is 17.8 Å². The maximum Gasteiger partial charge on any atom is 0.149 e. The number of hydrogen-bond acceptors (Lipinski definition) is 5. The second-order valence-electron chi connectivity index (χ2n) is 5.45. The van der Waals surface area contributed by atoms with Gasteiger partial charge in [-0.05, 0) is 46.0 Å². The minimum atomic E-state index is -0.621. The van der Waals surface area contributed by atoms with E-state index in [1.165, 1.54) is 0 Å². The quantitative estimate of drug-likeness (QED) is 0.876. The van der Waals surface area contributed by atoms with Gasteiger partial charge in [0.15, 0.2) is 0 Å². The van der Waals surface area contributed by atoms with Crippen LogP contribution in [0.2, 0.25) is 0 Å². The largest absolute Gasteiger partial charge is 0.351 e. The number of nitriles is 1. The molecule has 0 aromatic carbocycles. The van der Waals surface area contributed by atoms with Crippen LogP contribution < -0.4 is 5.32 Å². The van der Waals surface area contributed by atoms with E-state index in [4.69, 9.17) is 5.26 Å². The number of hydrogen-bond donors (Lipinski definition) is 1. The number of nitrogens with zero attached hydrogens (tertiary/aromatic N) is 4. The molecule has 5 heteroatoms. The van der Waals surface area contributed by atoms with Crippen LogP contribution in [0.15, 0.2) is 12.1 Å². The van der Waals surface area contributed by atoms with Gasteiger partial charge >= 0.3 is 0 Å². The predicted molar refractivity (Wildman–Crippen MR) is 70.2 cm³/mol. The lowest BCUT2D eigenvalue weighted by Gasteiger charge is -2.18. The van der Waals surface area contributed by atoms with Crippen molar-refractivity contribution in [3.8, 4) is 6.07 Å². The van der Waals surface area contributed by atoms with Crippen LogP contribution in [0.3, 0.4) is 0 Å². The number of likely N-dealkylation sites (tertiary alicyclic amines) is 1. The van der Waals surface area contributed by atoms with Crippen molar-refractivity contribution in [2.24, 2.45) is 0 Å². The lowest BCUT2D eigenvalue weighted by atomic mass is 10.0. The van der Waals surface area contributed by atoms with Crippen LogP contribution in [0, 0.1) is 11.3 Å². The number of aromatic nitrogens is 2. The fourth-order valence-electron chi connectivity index (χ4n) is 2.15. The molecule has 2 heterocycles. The Morgan fingerprint density at radius 3 is 2.72 bits per heavy atom. The lowest BCUT2D eigenvalue weighted by molar-refractivity contribution is 0.410. The van der Waals surface area contributed by atoms with Crippen LogP contribution in [-0.2, 0) is 0 Å². The van der Waals surface area contributed by atoms with E-state index >= 15 is 0 Å². The molecule has 0 amide bonds. The van der Waals surface area contributed by atoms with Crippen LogP contribution in [0.25, 0.3) is 0 Å². The highest BCUT2D eigenvalue weighted by Crippen LogP contribution is 2.24. The summed E-state index contributed by atoms with van der Waals surface area (Å²) in [7, 11) is 2.12. The molecule has 18 heavy (non-hydrogen) atoms. The molecule has 1 aliphatic heterocycles. The summed E-state index contributed by atoms with van der Waals surface area (Å²) in [6.07, 6.45) is 1.14. The first kappa shape index (κ1) is 12.8. The monoisotopic (exact) mass is 245 g/mol. The smallest absolute Gasteiger partial charge is 0.149 e. The van der Waals surface area contributed by atoms with Crippen molar-refractivity contribution in [2.45, 2.75) is 31.7 Å². The molecule has 0 radical (unpaired) electrons. The zero-order valence-electron chi connectivity index (χ0n) is 11.1. The summed E-state index contributed by atoms with van der Waals surface area (Å²) in [6, 6.07) is 6.09. The van der Waals surface area contributed by atoms with E-state index in [9.17, 15) is 0 Å². The van der Waals surface area contributed by atoms with Gasteiger partial charge in [-0.25, -0.2) is 0 Å². The van der Waals surface area contributed by atoms with Gasteiger partial charge < -0.3 is 10.2 Å². The summed E-state index contributed by atoms with van der Waals surface area (Å²) in [4.78, 5) is 2.30. The molecular weight excluding hydrogens is 226 g/mol. The standard InChI is InChI=1S/C13H19N5/c1-13(2,9-14)15-12-5-4-11(16-17-12)10-6-7-18(3)8-10/h4-5,10H,6-8H2,1-3H3,(H,15,17). The number of nitrogens with one attached hydrogen (secondary N) is 1. The molecule has 1 aliphatic rings. The number of likely N-dealkylation sites (N-methyl/N-ethyl adjacent to an activating group) is 1. The summed E-state index contributed by atoms with van der Waals surface area (Å²) in [6.45, 7) is 5.79. The number of rotatable bonds is 3. The maximum absolute atomic E-state index is 8.95. The molecule has 1 saturated heterocycles. The topological polar surface area (TPSA) is 64.8 Å². The molecule has 1 aromatic rings. The van der Waals surface area contributed by atoms with Crippen LogP contribution >= 0.6 is 0 Å². The third kappa shape index (κ3) is 2.96. The van der Waals surface area contributed by atoms with Crippen molar-refractivity contribution in [1.29, 1.82) is 5.26 Å². The Bertz CT molecular complexity index is 445.